The van der Waals surface area contributed by atoms with Gasteiger partial charge in [0.25, 0.3) is 0 Å². The fourth-order valence-corrected chi connectivity index (χ4v) is 8.37. The molecule has 2 aromatic rings. The molecule has 0 aliphatic rings. The lowest BCUT2D eigenvalue weighted by atomic mass is 10.0. The minimum Gasteiger partial charge on any atom is -0.127 e. The van der Waals surface area contributed by atoms with Crippen molar-refractivity contribution in [2.75, 3.05) is 0 Å². The Morgan fingerprint density at radius 2 is 1.03 bits per heavy atom. The average Bonchev–Trinajstić information content (AvgIpc) is 3.22. The normalized spacial score (nSPS) is 11.7. The zero-order valence-corrected chi connectivity index (χ0v) is 23.9. The smallest absolute Gasteiger partial charge is 0.0751 e. The molecule has 2 aromatic heterocycles. The Labute approximate surface area is 210 Å². The molecule has 30 heavy (non-hydrogen) atoms. The van der Waals surface area contributed by atoms with E-state index >= 15 is 0 Å². The lowest BCUT2D eigenvalue weighted by molar-refractivity contribution is 0.525. The first-order valence-corrected chi connectivity index (χ1v) is 15.8. The Morgan fingerprint density at radius 1 is 0.600 bits per heavy atom. The van der Waals surface area contributed by atoms with Gasteiger partial charge in [-0.25, -0.2) is 0 Å². The summed E-state index contributed by atoms with van der Waals surface area (Å²) in [4.78, 5) is 0. The third kappa shape index (κ3) is 11.0. The molecular formula is C26H42Br2S2. The highest BCUT2D eigenvalue weighted by Crippen LogP contribution is 2.42. The molecule has 0 aliphatic heterocycles. The van der Waals surface area contributed by atoms with Crippen molar-refractivity contribution in [2.45, 2.75) is 129 Å². The van der Waals surface area contributed by atoms with Crippen LogP contribution in [0.15, 0.2) is 13.6 Å². The topological polar surface area (TPSA) is 0 Å². The SMILES string of the molecule is CCCCCCCCCCCCCCCCCCCCc1c(Br)sc2cc(Br)sc12. The highest BCUT2D eigenvalue weighted by atomic mass is 79.9. The Kier molecular flexibility index (Phi) is 15.4. The van der Waals surface area contributed by atoms with Gasteiger partial charge in [-0.15, -0.1) is 22.7 Å². The van der Waals surface area contributed by atoms with Gasteiger partial charge in [0.05, 0.1) is 12.3 Å². The molecule has 0 saturated carbocycles. The monoisotopic (exact) mass is 576 g/mol. The molecule has 172 valence electrons. The summed E-state index contributed by atoms with van der Waals surface area (Å²) in [5.74, 6) is 0. The van der Waals surface area contributed by atoms with E-state index in [1.807, 2.05) is 22.7 Å². The molecular weight excluding hydrogens is 536 g/mol. The lowest BCUT2D eigenvalue weighted by Gasteiger charge is -2.04. The van der Waals surface area contributed by atoms with Crippen molar-refractivity contribution in [3.63, 3.8) is 0 Å². The standard InChI is InChI=1S/C26H42Br2S2/c1-2-3-4-5-6-7-8-9-10-11-12-13-14-15-16-17-18-19-20-22-25-23(29-26(22)28)21-24(27)30-25/h21H,2-20H2,1H3. The molecule has 0 bridgehead atoms. The zero-order chi connectivity index (χ0) is 21.4. The number of fused-ring (bicyclic) bond motifs is 1. The third-order valence-electron chi connectivity index (χ3n) is 6.16. The van der Waals surface area contributed by atoms with Gasteiger partial charge in [-0.3, -0.25) is 0 Å². The molecule has 0 spiro atoms. The summed E-state index contributed by atoms with van der Waals surface area (Å²) >= 11 is 11.2. The van der Waals surface area contributed by atoms with Gasteiger partial charge in [0.2, 0.25) is 0 Å². The molecule has 4 heteroatoms. The fourth-order valence-electron chi connectivity index (χ4n) is 4.29. The molecule has 0 nitrogen and oxygen atoms in total. The maximum atomic E-state index is 3.78. The fraction of sp³-hybridized carbons (Fsp3) is 0.769. The van der Waals surface area contributed by atoms with Crippen LogP contribution in [0.1, 0.15) is 128 Å². The third-order valence-corrected chi connectivity index (χ3v) is 9.92. The number of thiophene rings is 2. The van der Waals surface area contributed by atoms with Crippen LogP contribution in [0.4, 0.5) is 0 Å². The highest BCUT2D eigenvalue weighted by Gasteiger charge is 2.12. The number of hydrogen-bond acceptors (Lipinski definition) is 2. The molecule has 0 atom stereocenters. The second-order valence-electron chi connectivity index (χ2n) is 8.86. The van der Waals surface area contributed by atoms with E-state index in [0.29, 0.717) is 0 Å². The first-order valence-electron chi connectivity index (χ1n) is 12.6. The number of aryl methyl sites for hydroxylation is 1. The average molecular weight is 579 g/mol. The van der Waals surface area contributed by atoms with Gasteiger partial charge in [-0.05, 0) is 56.3 Å². The number of rotatable bonds is 19. The van der Waals surface area contributed by atoms with E-state index in [1.165, 1.54) is 139 Å². The number of hydrogen-bond donors (Lipinski definition) is 0. The van der Waals surface area contributed by atoms with Crippen LogP contribution in [0.5, 0.6) is 0 Å². The van der Waals surface area contributed by atoms with Gasteiger partial charge in [0.15, 0.2) is 0 Å². The van der Waals surface area contributed by atoms with Crippen LogP contribution in [0.25, 0.3) is 9.40 Å². The summed E-state index contributed by atoms with van der Waals surface area (Å²) in [5, 5.41) is 0. The molecule has 2 rings (SSSR count). The summed E-state index contributed by atoms with van der Waals surface area (Å²) in [7, 11) is 0. The molecule has 0 N–H and O–H groups in total. The van der Waals surface area contributed by atoms with Gasteiger partial charge in [-0.2, -0.15) is 0 Å². The summed E-state index contributed by atoms with van der Waals surface area (Å²) in [6.07, 6.45) is 27.2. The highest BCUT2D eigenvalue weighted by molar-refractivity contribution is 9.11. The maximum absolute atomic E-state index is 3.78. The Bertz CT molecular complexity index is 674. The quantitative estimate of drug-likeness (QED) is 0.146. The van der Waals surface area contributed by atoms with Gasteiger partial charge >= 0.3 is 0 Å². The molecule has 0 unspecified atom stereocenters. The van der Waals surface area contributed by atoms with Crippen molar-refractivity contribution in [3.8, 4) is 0 Å². The van der Waals surface area contributed by atoms with E-state index < -0.39 is 0 Å². The van der Waals surface area contributed by atoms with Crippen molar-refractivity contribution in [1.82, 2.24) is 0 Å². The first kappa shape index (κ1) is 26.9. The van der Waals surface area contributed by atoms with Crippen molar-refractivity contribution in [2.24, 2.45) is 0 Å². The van der Waals surface area contributed by atoms with Crippen molar-refractivity contribution in [1.29, 1.82) is 0 Å². The predicted octanol–water partition coefficient (Wildman–Crippen LogP) is 12.1. The van der Waals surface area contributed by atoms with Crippen molar-refractivity contribution < 1.29 is 0 Å². The van der Waals surface area contributed by atoms with Crippen LogP contribution in [0.3, 0.4) is 0 Å². The Hall–Kier alpha value is 0.620. The Morgan fingerprint density at radius 3 is 1.50 bits per heavy atom. The molecule has 0 fully saturated rings. The van der Waals surface area contributed by atoms with Crippen molar-refractivity contribution in [3.05, 3.63) is 19.2 Å². The largest absolute Gasteiger partial charge is 0.127 e. The number of halogens is 2. The van der Waals surface area contributed by atoms with Gasteiger partial charge in [0, 0.05) is 4.70 Å². The minimum atomic E-state index is 1.23. The van der Waals surface area contributed by atoms with Crippen LogP contribution in [-0.2, 0) is 6.42 Å². The number of unbranched alkanes of at least 4 members (excludes halogenated alkanes) is 17. The molecule has 0 saturated heterocycles. The van der Waals surface area contributed by atoms with Crippen LogP contribution < -0.4 is 0 Å². The summed E-state index contributed by atoms with van der Waals surface area (Å²) in [6.45, 7) is 2.30. The second kappa shape index (κ2) is 17.1. The van der Waals surface area contributed by atoms with E-state index in [2.05, 4.69) is 44.8 Å². The van der Waals surface area contributed by atoms with E-state index in [9.17, 15) is 0 Å². The second-order valence-corrected chi connectivity index (χ2v) is 13.7. The molecule has 0 amide bonds. The molecule has 0 aromatic carbocycles. The predicted molar refractivity (Wildman–Crippen MR) is 148 cm³/mol. The van der Waals surface area contributed by atoms with Gasteiger partial charge < -0.3 is 0 Å². The van der Waals surface area contributed by atoms with Crippen LogP contribution in [0, 0.1) is 0 Å². The summed E-state index contributed by atoms with van der Waals surface area (Å²) < 4.78 is 5.53. The molecule has 2 heterocycles. The van der Waals surface area contributed by atoms with Gasteiger partial charge in [-0.1, -0.05) is 116 Å². The van der Waals surface area contributed by atoms with E-state index in [-0.39, 0.29) is 0 Å². The van der Waals surface area contributed by atoms with Gasteiger partial charge in [0.1, 0.15) is 0 Å². The van der Waals surface area contributed by atoms with E-state index in [1.54, 1.807) is 5.56 Å². The zero-order valence-electron chi connectivity index (χ0n) is 19.1. The summed E-state index contributed by atoms with van der Waals surface area (Å²) in [6, 6.07) is 2.26. The van der Waals surface area contributed by atoms with Crippen LogP contribution in [0.2, 0.25) is 0 Å². The summed E-state index contributed by atoms with van der Waals surface area (Å²) in [5.41, 5.74) is 1.54. The van der Waals surface area contributed by atoms with Crippen LogP contribution in [-0.4, -0.2) is 0 Å². The molecule has 0 radical (unpaired) electrons. The molecule has 0 aliphatic carbocycles. The maximum Gasteiger partial charge on any atom is 0.0751 e. The van der Waals surface area contributed by atoms with Crippen molar-refractivity contribution >= 4 is 63.9 Å². The van der Waals surface area contributed by atoms with E-state index in [4.69, 9.17) is 0 Å². The van der Waals surface area contributed by atoms with E-state index in [0.717, 1.165) is 0 Å². The lowest BCUT2D eigenvalue weighted by Crippen LogP contribution is -1.86. The van der Waals surface area contributed by atoms with Crippen LogP contribution >= 0.6 is 54.5 Å². The minimum absolute atomic E-state index is 1.23. The first-order chi connectivity index (χ1) is 14.7. The Balaban J connectivity index is 1.33.